The first kappa shape index (κ1) is 43.2. The Morgan fingerprint density at radius 1 is 0.108 bits per heavy atom. The van der Waals surface area contributed by atoms with Crippen molar-refractivity contribution >= 4 is 53.9 Å². The predicted octanol–water partition coefficient (Wildman–Crippen LogP) is 20.8. The van der Waals surface area contributed by atoms with Crippen molar-refractivity contribution in [2.75, 3.05) is 0 Å². The zero-order chi connectivity index (χ0) is 49.0. The lowest BCUT2D eigenvalue weighted by atomic mass is 9.83. The molecule has 344 valence electrons. The highest BCUT2D eigenvalue weighted by atomic mass is 14.2. The fraction of sp³-hybridized carbons (Fsp3) is 0. The second-order valence-electron chi connectivity index (χ2n) is 19.6. The predicted molar refractivity (Wildman–Crippen MR) is 317 cm³/mol. The summed E-state index contributed by atoms with van der Waals surface area (Å²) in [5, 5.41) is 12.5. The topological polar surface area (TPSA) is 0 Å². The fourth-order valence-electron chi connectivity index (χ4n) is 11.5. The van der Waals surface area contributed by atoms with Crippen LogP contribution in [0.25, 0.3) is 143 Å². The van der Waals surface area contributed by atoms with Crippen LogP contribution in [0.1, 0.15) is 0 Å². The molecule has 0 spiro atoms. The maximum Gasteiger partial charge on any atom is -0.00134 e. The van der Waals surface area contributed by atoms with Crippen molar-refractivity contribution in [2.45, 2.75) is 0 Å². The molecule has 0 fully saturated rings. The lowest BCUT2D eigenvalue weighted by molar-refractivity contribution is 1.60. The van der Waals surface area contributed by atoms with E-state index in [1.54, 1.807) is 0 Å². The Balaban J connectivity index is 1.09. The molecule has 0 atom stereocenters. The molecule has 0 aliphatic heterocycles. The molecular weight excluding hydrogens is 889 g/mol. The summed E-state index contributed by atoms with van der Waals surface area (Å²) >= 11 is 0. The molecule has 0 heterocycles. The molecule has 14 rings (SSSR count). The maximum absolute atomic E-state index is 2.47. The van der Waals surface area contributed by atoms with Crippen molar-refractivity contribution in [1.82, 2.24) is 0 Å². The van der Waals surface area contributed by atoms with Crippen LogP contribution >= 0.6 is 0 Å². The van der Waals surface area contributed by atoms with Crippen molar-refractivity contribution in [1.29, 1.82) is 0 Å². The Bertz CT molecular complexity index is 3860. The maximum atomic E-state index is 2.47. The summed E-state index contributed by atoms with van der Waals surface area (Å²) in [6, 6.07) is 108. The molecule has 0 aliphatic carbocycles. The molecule has 0 saturated carbocycles. The number of benzene rings is 14. The van der Waals surface area contributed by atoms with E-state index in [1.807, 2.05) is 0 Å². The monoisotopic (exact) mass is 936 g/mol. The van der Waals surface area contributed by atoms with Crippen LogP contribution in [0.2, 0.25) is 0 Å². The quantitative estimate of drug-likeness (QED) is 0.133. The highest BCUT2D eigenvalue weighted by molar-refractivity contribution is 6.40. The van der Waals surface area contributed by atoms with Gasteiger partial charge in [0.05, 0.1) is 0 Å². The molecule has 0 N–H and O–H groups in total. The van der Waals surface area contributed by atoms with Crippen LogP contribution in [0.5, 0.6) is 0 Å². The first-order chi connectivity index (χ1) is 36.7. The lowest BCUT2D eigenvalue weighted by Crippen LogP contribution is -1.92. The highest BCUT2D eigenvalue weighted by Gasteiger charge is 2.20. The van der Waals surface area contributed by atoms with Crippen LogP contribution < -0.4 is 0 Å². The van der Waals surface area contributed by atoms with Crippen LogP contribution in [-0.2, 0) is 0 Å². The number of hydrogen-bond donors (Lipinski definition) is 0. The van der Waals surface area contributed by atoms with Gasteiger partial charge in [-0.2, -0.15) is 0 Å². The summed E-state index contributed by atoms with van der Waals surface area (Å²) in [5.74, 6) is 0. The van der Waals surface area contributed by atoms with Crippen molar-refractivity contribution in [3.05, 3.63) is 291 Å². The van der Waals surface area contributed by atoms with Gasteiger partial charge in [0.25, 0.3) is 0 Å². The zero-order valence-electron chi connectivity index (χ0n) is 40.7. The number of fused-ring (bicyclic) bond motifs is 11. The Morgan fingerprint density at radius 3 is 0.500 bits per heavy atom. The van der Waals surface area contributed by atoms with Crippen molar-refractivity contribution in [3.8, 4) is 89.0 Å². The molecule has 0 unspecified atom stereocenters. The van der Waals surface area contributed by atoms with Crippen molar-refractivity contribution in [3.63, 3.8) is 0 Å². The number of hydrogen-bond acceptors (Lipinski definition) is 0. The largest absolute Gasteiger partial charge is 0.0622 e. The van der Waals surface area contributed by atoms with E-state index in [4.69, 9.17) is 0 Å². The highest BCUT2D eigenvalue weighted by Crippen LogP contribution is 2.48. The molecule has 0 nitrogen and oxygen atoms in total. The summed E-state index contributed by atoms with van der Waals surface area (Å²) < 4.78 is 0. The Kier molecular flexibility index (Phi) is 10.6. The second-order valence-corrected chi connectivity index (χ2v) is 19.6. The summed E-state index contributed by atoms with van der Waals surface area (Å²) in [6.07, 6.45) is 0. The minimum Gasteiger partial charge on any atom is -0.0622 e. The van der Waals surface area contributed by atoms with Crippen molar-refractivity contribution < 1.29 is 0 Å². The summed E-state index contributed by atoms with van der Waals surface area (Å²) in [6.45, 7) is 0. The molecular formula is C74H48. The average Bonchev–Trinajstić information content (AvgIpc) is 3.50. The van der Waals surface area contributed by atoms with E-state index in [2.05, 4.69) is 291 Å². The molecule has 0 amide bonds. The minimum atomic E-state index is 1.19. The first-order valence-electron chi connectivity index (χ1n) is 25.6. The molecule has 74 heavy (non-hydrogen) atoms. The Labute approximate surface area is 431 Å². The van der Waals surface area contributed by atoms with Gasteiger partial charge < -0.3 is 0 Å². The van der Waals surface area contributed by atoms with E-state index in [1.165, 1.54) is 143 Å². The molecule has 14 aromatic carbocycles. The van der Waals surface area contributed by atoms with Crippen LogP contribution in [0, 0.1) is 0 Å². The Hall–Kier alpha value is -9.62. The summed E-state index contributed by atoms with van der Waals surface area (Å²) in [7, 11) is 0. The fourth-order valence-corrected chi connectivity index (χ4v) is 11.5. The zero-order valence-corrected chi connectivity index (χ0v) is 40.7. The normalized spacial score (nSPS) is 11.5. The molecule has 0 bridgehead atoms. The van der Waals surface area contributed by atoms with Crippen LogP contribution in [0.3, 0.4) is 0 Å². The third-order valence-corrected chi connectivity index (χ3v) is 15.2. The van der Waals surface area contributed by atoms with Gasteiger partial charge in [0.1, 0.15) is 0 Å². The van der Waals surface area contributed by atoms with Gasteiger partial charge in [0, 0.05) is 0 Å². The van der Waals surface area contributed by atoms with Crippen LogP contribution in [0.15, 0.2) is 291 Å². The van der Waals surface area contributed by atoms with E-state index in [-0.39, 0.29) is 0 Å². The Morgan fingerprint density at radius 2 is 0.284 bits per heavy atom. The van der Waals surface area contributed by atoms with Crippen molar-refractivity contribution in [2.24, 2.45) is 0 Å². The van der Waals surface area contributed by atoms with Gasteiger partial charge in [-0.15, -0.1) is 0 Å². The van der Waals surface area contributed by atoms with Gasteiger partial charge in [-0.1, -0.05) is 243 Å². The van der Waals surface area contributed by atoms with Gasteiger partial charge in [-0.25, -0.2) is 0 Å². The van der Waals surface area contributed by atoms with Gasteiger partial charge in [-0.3, -0.25) is 0 Å². The third-order valence-electron chi connectivity index (χ3n) is 15.2. The third kappa shape index (κ3) is 7.73. The van der Waals surface area contributed by atoms with Gasteiger partial charge >= 0.3 is 0 Å². The average molecular weight is 937 g/mol. The molecule has 0 radical (unpaired) electrons. The molecule has 14 aromatic rings. The van der Waals surface area contributed by atoms with E-state index in [9.17, 15) is 0 Å². The summed E-state index contributed by atoms with van der Waals surface area (Å²) in [4.78, 5) is 0. The summed E-state index contributed by atoms with van der Waals surface area (Å²) in [5.41, 5.74) is 19.2. The standard InChI is InChI=1S/C74H48/c1-5-17-49(18-6-1)53-25-13-29-57(41-53)61-33-37-65-66-38-34-63(59-31-15-27-55(43-59)51-21-9-3-10-22-51)47-71(66)74-72-48-64(60-32-16-28-56(44-60)52-23-11-4-12-24-52)36-40-68(72)67-39-35-62(46-70(67)73(74)69(65)45-61)58-30-14-26-54(42-58)50-19-7-2-8-20-50/h1-48H. The molecule has 0 heteroatoms. The number of rotatable bonds is 8. The van der Waals surface area contributed by atoms with Gasteiger partial charge in [-0.05, 0) is 191 Å². The van der Waals surface area contributed by atoms with E-state index < -0.39 is 0 Å². The van der Waals surface area contributed by atoms with E-state index >= 15 is 0 Å². The lowest BCUT2D eigenvalue weighted by Gasteiger charge is -2.19. The minimum absolute atomic E-state index is 1.19. The molecule has 0 saturated heterocycles. The van der Waals surface area contributed by atoms with Crippen LogP contribution in [-0.4, -0.2) is 0 Å². The molecule has 0 aliphatic rings. The molecule has 0 aromatic heterocycles. The second kappa shape index (κ2) is 18.2. The SMILES string of the molecule is c1ccc(-c2cccc(-c3ccc4c5ccc(-c6cccc(-c7ccccc7)c6)cc5c5c6cc(-c7cccc(-c8ccccc8)c7)ccc6c6ccc(-c7cccc(-c8ccccc8)c7)cc6c5c4c3)c2)cc1. The van der Waals surface area contributed by atoms with Gasteiger partial charge in [0.15, 0.2) is 0 Å². The van der Waals surface area contributed by atoms with E-state index in [0.29, 0.717) is 0 Å². The smallest absolute Gasteiger partial charge is 0.00134 e. The first-order valence-corrected chi connectivity index (χ1v) is 25.6. The van der Waals surface area contributed by atoms with Gasteiger partial charge in [0.2, 0.25) is 0 Å². The van der Waals surface area contributed by atoms with E-state index in [0.717, 1.165) is 0 Å². The van der Waals surface area contributed by atoms with Crippen LogP contribution in [0.4, 0.5) is 0 Å².